The van der Waals surface area contributed by atoms with Gasteiger partial charge < -0.3 is 19.8 Å². The number of ether oxygens (including phenoxy) is 1. The molecule has 0 spiro atoms. The summed E-state index contributed by atoms with van der Waals surface area (Å²) in [5.74, 6) is -0.605. The van der Waals surface area contributed by atoms with Gasteiger partial charge in [-0.05, 0) is 30.2 Å². The van der Waals surface area contributed by atoms with Crippen LogP contribution in [-0.2, 0) is 19.7 Å². The zero-order chi connectivity index (χ0) is 19.7. The predicted molar refractivity (Wildman–Crippen MR) is 103 cm³/mol. The summed E-state index contributed by atoms with van der Waals surface area (Å²) in [6, 6.07) is 14.5. The van der Waals surface area contributed by atoms with Crippen molar-refractivity contribution in [2.24, 2.45) is 0 Å². The number of pyridine rings is 1. The molecule has 0 unspecified atom stereocenters. The lowest BCUT2D eigenvalue weighted by Gasteiger charge is -2.21. The van der Waals surface area contributed by atoms with E-state index >= 15 is 0 Å². The molecular weight excluding hydrogens is 356 g/mol. The van der Waals surface area contributed by atoms with E-state index in [-0.39, 0.29) is 35.3 Å². The molecular formula is C22H20N2O4. The van der Waals surface area contributed by atoms with Crippen LogP contribution in [0.25, 0.3) is 0 Å². The van der Waals surface area contributed by atoms with Gasteiger partial charge in [0, 0.05) is 30.9 Å². The molecule has 2 N–H and O–H groups in total. The number of aromatic hydroxyl groups is 2. The number of rotatable bonds is 4. The molecule has 0 aliphatic carbocycles. The van der Waals surface area contributed by atoms with Crippen molar-refractivity contribution in [3.8, 4) is 17.2 Å². The maximum absolute atomic E-state index is 13.2. The number of carbonyl (C=O) groups is 1. The molecule has 0 radical (unpaired) electrons. The summed E-state index contributed by atoms with van der Waals surface area (Å²) < 4.78 is 5.84. The summed E-state index contributed by atoms with van der Waals surface area (Å²) in [7, 11) is 0. The van der Waals surface area contributed by atoms with E-state index in [0.29, 0.717) is 24.3 Å². The first kappa shape index (κ1) is 17.9. The Bertz CT molecular complexity index is 1010. The van der Waals surface area contributed by atoms with Crippen LogP contribution in [0.4, 0.5) is 0 Å². The lowest BCUT2D eigenvalue weighted by atomic mass is 10.1. The molecule has 6 nitrogen and oxygen atoms in total. The van der Waals surface area contributed by atoms with Crippen molar-refractivity contribution in [3.05, 3.63) is 82.7 Å². The molecule has 2 heterocycles. The second-order valence-corrected chi connectivity index (χ2v) is 6.78. The monoisotopic (exact) mass is 376 g/mol. The number of amides is 1. The molecule has 28 heavy (non-hydrogen) atoms. The third-order valence-electron chi connectivity index (χ3n) is 4.91. The Balaban J connectivity index is 1.66. The summed E-state index contributed by atoms with van der Waals surface area (Å²) in [6.45, 7) is 2.70. The van der Waals surface area contributed by atoms with E-state index in [1.165, 1.54) is 6.07 Å². The molecule has 0 saturated heterocycles. The fourth-order valence-electron chi connectivity index (χ4n) is 3.38. The summed E-state index contributed by atoms with van der Waals surface area (Å²) >= 11 is 0. The number of phenols is 2. The third kappa shape index (κ3) is 3.24. The lowest BCUT2D eigenvalue weighted by Crippen LogP contribution is -2.26. The maximum atomic E-state index is 13.2. The van der Waals surface area contributed by atoms with Crippen molar-refractivity contribution in [2.75, 3.05) is 0 Å². The van der Waals surface area contributed by atoms with E-state index < -0.39 is 0 Å². The highest BCUT2D eigenvalue weighted by Crippen LogP contribution is 2.39. The first-order valence-corrected chi connectivity index (χ1v) is 8.99. The van der Waals surface area contributed by atoms with Crippen molar-refractivity contribution in [3.63, 3.8) is 0 Å². The van der Waals surface area contributed by atoms with Gasteiger partial charge in [-0.3, -0.25) is 9.78 Å². The molecule has 1 aliphatic heterocycles. The third-order valence-corrected chi connectivity index (χ3v) is 4.91. The van der Waals surface area contributed by atoms with Gasteiger partial charge in [-0.25, -0.2) is 0 Å². The van der Waals surface area contributed by atoms with Crippen LogP contribution in [0.15, 0.2) is 54.7 Å². The molecule has 0 bridgehead atoms. The standard InChI is InChI=1S/C22H20N2O4/c1-14-18(25)10-19(26)20(21(14)28-13-17-8-4-5-9-23-17)22(27)24-11-15-6-2-3-7-16(15)12-24/h2-10,25-26H,11-13H2,1H3. The van der Waals surface area contributed by atoms with Crippen LogP contribution in [0, 0.1) is 6.92 Å². The Hall–Kier alpha value is -3.54. The molecule has 142 valence electrons. The van der Waals surface area contributed by atoms with Gasteiger partial charge in [-0.1, -0.05) is 30.3 Å². The van der Waals surface area contributed by atoms with Gasteiger partial charge in [0.2, 0.25) is 0 Å². The highest BCUT2D eigenvalue weighted by molar-refractivity contribution is 6.00. The van der Waals surface area contributed by atoms with E-state index in [4.69, 9.17) is 4.74 Å². The second kappa shape index (κ2) is 7.23. The highest BCUT2D eigenvalue weighted by Gasteiger charge is 2.30. The minimum absolute atomic E-state index is 0.0547. The average Bonchev–Trinajstić information content (AvgIpc) is 3.14. The minimum Gasteiger partial charge on any atom is -0.507 e. The number of aromatic nitrogens is 1. The first-order valence-electron chi connectivity index (χ1n) is 8.99. The van der Waals surface area contributed by atoms with E-state index in [1.54, 1.807) is 30.2 Å². The van der Waals surface area contributed by atoms with E-state index in [9.17, 15) is 15.0 Å². The Kier molecular flexibility index (Phi) is 4.61. The molecule has 1 aromatic heterocycles. The molecule has 3 aromatic rings. The van der Waals surface area contributed by atoms with Gasteiger partial charge in [0.15, 0.2) is 0 Å². The predicted octanol–water partition coefficient (Wildman–Crippen LogP) is 3.54. The summed E-state index contributed by atoms with van der Waals surface area (Å²) in [6.07, 6.45) is 1.65. The number of fused-ring (bicyclic) bond motifs is 1. The van der Waals surface area contributed by atoms with E-state index in [2.05, 4.69) is 4.98 Å². The fraction of sp³-hybridized carbons (Fsp3) is 0.182. The first-order chi connectivity index (χ1) is 13.5. The van der Waals surface area contributed by atoms with Crippen LogP contribution < -0.4 is 4.74 Å². The van der Waals surface area contributed by atoms with Crippen molar-refractivity contribution in [1.29, 1.82) is 0 Å². The van der Waals surface area contributed by atoms with Gasteiger partial charge in [0.05, 0.1) is 5.69 Å². The van der Waals surface area contributed by atoms with Gasteiger partial charge in [-0.2, -0.15) is 0 Å². The Labute approximate surface area is 162 Å². The van der Waals surface area contributed by atoms with Crippen LogP contribution in [-0.4, -0.2) is 26.0 Å². The zero-order valence-electron chi connectivity index (χ0n) is 15.4. The fourth-order valence-corrected chi connectivity index (χ4v) is 3.38. The molecule has 1 amide bonds. The van der Waals surface area contributed by atoms with Crippen LogP contribution >= 0.6 is 0 Å². The Morgan fingerprint density at radius 1 is 1.07 bits per heavy atom. The summed E-state index contributed by atoms with van der Waals surface area (Å²) in [5.41, 5.74) is 3.30. The summed E-state index contributed by atoms with van der Waals surface area (Å²) in [4.78, 5) is 19.1. The minimum atomic E-state index is -0.340. The normalized spacial score (nSPS) is 12.7. The molecule has 0 saturated carbocycles. The van der Waals surface area contributed by atoms with Crippen molar-refractivity contribution >= 4 is 5.91 Å². The largest absolute Gasteiger partial charge is 0.507 e. The molecule has 1 aliphatic rings. The smallest absolute Gasteiger partial charge is 0.262 e. The van der Waals surface area contributed by atoms with Gasteiger partial charge in [0.25, 0.3) is 5.91 Å². The zero-order valence-corrected chi connectivity index (χ0v) is 15.4. The van der Waals surface area contributed by atoms with Crippen LogP contribution in [0.3, 0.4) is 0 Å². The van der Waals surface area contributed by atoms with Crippen LogP contribution in [0.5, 0.6) is 17.2 Å². The van der Waals surface area contributed by atoms with Gasteiger partial charge in [0.1, 0.15) is 29.4 Å². The maximum Gasteiger partial charge on any atom is 0.262 e. The number of phenolic OH excluding ortho intramolecular Hbond substituents is 2. The van der Waals surface area contributed by atoms with Gasteiger partial charge >= 0.3 is 0 Å². The lowest BCUT2D eigenvalue weighted by molar-refractivity contribution is 0.0742. The molecule has 0 atom stereocenters. The molecule has 6 heteroatoms. The Morgan fingerprint density at radius 2 is 1.75 bits per heavy atom. The SMILES string of the molecule is Cc1c(O)cc(O)c(C(=O)N2Cc3ccccc3C2)c1OCc1ccccn1. The molecule has 2 aromatic carbocycles. The van der Waals surface area contributed by atoms with Crippen molar-refractivity contribution < 1.29 is 19.7 Å². The van der Waals surface area contributed by atoms with Gasteiger partial charge in [-0.15, -0.1) is 0 Å². The average molecular weight is 376 g/mol. The quantitative estimate of drug-likeness (QED) is 0.728. The number of hydrogen-bond donors (Lipinski definition) is 2. The Morgan fingerprint density at radius 3 is 2.39 bits per heavy atom. The van der Waals surface area contributed by atoms with Crippen molar-refractivity contribution in [1.82, 2.24) is 9.88 Å². The number of hydrogen-bond acceptors (Lipinski definition) is 5. The van der Waals surface area contributed by atoms with E-state index in [0.717, 1.165) is 11.1 Å². The molecule has 4 rings (SSSR count). The molecule has 0 fully saturated rings. The van der Waals surface area contributed by atoms with Crippen LogP contribution in [0.2, 0.25) is 0 Å². The second-order valence-electron chi connectivity index (χ2n) is 6.78. The summed E-state index contributed by atoms with van der Waals surface area (Å²) in [5, 5.41) is 20.5. The number of benzene rings is 2. The highest BCUT2D eigenvalue weighted by atomic mass is 16.5. The number of carbonyl (C=O) groups excluding carboxylic acids is 1. The van der Waals surface area contributed by atoms with E-state index in [1.807, 2.05) is 30.3 Å². The van der Waals surface area contributed by atoms with Crippen LogP contribution in [0.1, 0.15) is 32.7 Å². The topological polar surface area (TPSA) is 82.9 Å². The van der Waals surface area contributed by atoms with Crippen molar-refractivity contribution in [2.45, 2.75) is 26.6 Å². The number of nitrogens with zero attached hydrogens (tertiary/aromatic N) is 2.